The number of rotatable bonds is 0. The quantitative estimate of drug-likeness (QED) is 0.608. The van der Waals surface area contributed by atoms with E-state index in [0.29, 0.717) is 5.02 Å². The summed E-state index contributed by atoms with van der Waals surface area (Å²) < 4.78 is 0. The number of hydrogen-bond donors (Lipinski definition) is 2. The fourth-order valence-corrected chi connectivity index (χ4v) is 2.38. The lowest BCUT2D eigenvalue weighted by Gasteiger charge is -2.01. The van der Waals surface area contributed by atoms with Crippen LogP contribution < -0.4 is 0 Å². The zero-order chi connectivity index (χ0) is 15.4. The van der Waals surface area contributed by atoms with Gasteiger partial charge in [-0.3, -0.25) is 0 Å². The van der Waals surface area contributed by atoms with Gasteiger partial charge in [-0.2, -0.15) is 0 Å². The highest BCUT2D eigenvalue weighted by Crippen LogP contribution is 2.34. The highest BCUT2D eigenvalue weighted by atomic mass is 35.5. The van der Waals surface area contributed by atoms with Crippen LogP contribution in [-0.2, 0) is 0 Å². The van der Waals surface area contributed by atoms with Gasteiger partial charge in [0.2, 0.25) is 0 Å². The monoisotopic (exact) mass is 352 g/mol. The number of aryl methyl sites for hydroxylation is 2. The van der Waals surface area contributed by atoms with Gasteiger partial charge in [0, 0.05) is 10.0 Å². The van der Waals surface area contributed by atoms with Gasteiger partial charge in [0.25, 0.3) is 0 Å². The summed E-state index contributed by atoms with van der Waals surface area (Å²) in [7, 11) is 0. The molecule has 0 atom stereocenters. The lowest BCUT2D eigenvalue weighted by Crippen LogP contribution is -1.79. The van der Waals surface area contributed by atoms with Crippen molar-refractivity contribution in [1.29, 1.82) is 0 Å². The molecule has 2 rings (SSSR count). The lowest BCUT2D eigenvalue weighted by atomic mass is 10.1. The second-order valence-corrected chi connectivity index (χ2v) is 5.74. The van der Waals surface area contributed by atoms with Crippen LogP contribution in [0.25, 0.3) is 0 Å². The molecule has 0 unspecified atom stereocenters. The number of phenols is 2. The fraction of sp³-hybridized carbons (Fsp3) is 0.143. The highest BCUT2D eigenvalue weighted by Gasteiger charge is 2.04. The SMILES string of the molecule is Cc1cc(O)cc(C)c1Cl.Oc1c(Cl)cc(Cl)cc1Cl. The molecule has 0 radical (unpaired) electrons. The van der Waals surface area contributed by atoms with Crippen molar-refractivity contribution in [2.24, 2.45) is 0 Å². The van der Waals surface area contributed by atoms with E-state index in [9.17, 15) is 0 Å². The van der Waals surface area contributed by atoms with Crippen LogP contribution in [0.15, 0.2) is 24.3 Å². The van der Waals surface area contributed by atoms with Crippen LogP contribution in [-0.4, -0.2) is 10.2 Å². The molecule has 2 nitrogen and oxygen atoms in total. The molecule has 0 amide bonds. The molecule has 2 aromatic carbocycles. The maximum Gasteiger partial charge on any atom is 0.152 e. The number of phenolic OH excluding ortho intramolecular Hbond substituents is 2. The maximum absolute atomic E-state index is 9.06. The normalized spacial score (nSPS) is 9.90. The largest absolute Gasteiger partial charge is 0.508 e. The minimum Gasteiger partial charge on any atom is -0.508 e. The van der Waals surface area contributed by atoms with E-state index in [1.54, 1.807) is 12.1 Å². The summed E-state index contributed by atoms with van der Waals surface area (Å²) in [5, 5.41) is 19.5. The Morgan fingerprint density at radius 2 is 1.15 bits per heavy atom. The van der Waals surface area contributed by atoms with Gasteiger partial charge in [0.05, 0.1) is 10.0 Å². The molecule has 0 saturated heterocycles. The molecular weight excluding hydrogens is 342 g/mol. The summed E-state index contributed by atoms with van der Waals surface area (Å²) in [6, 6.07) is 6.14. The van der Waals surface area contributed by atoms with Gasteiger partial charge >= 0.3 is 0 Å². The molecule has 2 aromatic rings. The summed E-state index contributed by atoms with van der Waals surface area (Å²) in [5.41, 5.74) is 1.83. The molecular formula is C14H12Cl4O2. The second-order valence-electron chi connectivity index (χ2n) is 4.11. The first-order valence-electron chi connectivity index (χ1n) is 5.51. The Hall–Kier alpha value is -0.800. The summed E-state index contributed by atoms with van der Waals surface area (Å²) in [6.45, 7) is 3.74. The smallest absolute Gasteiger partial charge is 0.152 e. The molecule has 0 bridgehead atoms. The molecule has 2 N–H and O–H groups in total. The third kappa shape index (κ3) is 4.64. The van der Waals surface area contributed by atoms with Crippen molar-refractivity contribution in [3.8, 4) is 11.5 Å². The van der Waals surface area contributed by atoms with Crippen molar-refractivity contribution in [1.82, 2.24) is 0 Å². The average Bonchev–Trinajstić information content (AvgIpc) is 2.33. The minimum atomic E-state index is -0.132. The van der Waals surface area contributed by atoms with Crippen LogP contribution in [0, 0.1) is 13.8 Å². The molecule has 0 aliphatic carbocycles. The Kier molecular flexibility index (Phi) is 6.28. The average molecular weight is 354 g/mol. The van der Waals surface area contributed by atoms with E-state index in [0.717, 1.165) is 16.1 Å². The van der Waals surface area contributed by atoms with Crippen molar-refractivity contribution in [3.63, 3.8) is 0 Å². The van der Waals surface area contributed by atoms with Crippen LogP contribution in [0.5, 0.6) is 11.5 Å². The van der Waals surface area contributed by atoms with Crippen molar-refractivity contribution in [3.05, 3.63) is 55.5 Å². The van der Waals surface area contributed by atoms with Crippen molar-refractivity contribution >= 4 is 46.4 Å². The van der Waals surface area contributed by atoms with Crippen molar-refractivity contribution in [2.45, 2.75) is 13.8 Å². The van der Waals surface area contributed by atoms with Crippen molar-refractivity contribution in [2.75, 3.05) is 0 Å². The third-order valence-electron chi connectivity index (χ3n) is 2.40. The van der Waals surface area contributed by atoms with E-state index in [1.165, 1.54) is 12.1 Å². The van der Waals surface area contributed by atoms with E-state index >= 15 is 0 Å². The number of hydrogen-bond acceptors (Lipinski definition) is 2. The molecule has 0 aliphatic rings. The third-order valence-corrected chi connectivity index (χ3v) is 3.79. The molecule has 20 heavy (non-hydrogen) atoms. The molecule has 6 heteroatoms. The van der Waals surface area contributed by atoms with Gasteiger partial charge in [0.1, 0.15) is 5.75 Å². The lowest BCUT2D eigenvalue weighted by molar-refractivity contribution is 0.474. The van der Waals surface area contributed by atoms with Crippen LogP contribution in [0.4, 0.5) is 0 Å². The first-order chi connectivity index (χ1) is 9.22. The zero-order valence-corrected chi connectivity index (χ0v) is 13.7. The Morgan fingerprint density at radius 3 is 1.55 bits per heavy atom. The predicted octanol–water partition coefficient (Wildman–Crippen LogP) is 6.01. The molecule has 0 heterocycles. The highest BCUT2D eigenvalue weighted by molar-refractivity contribution is 6.40. The topological polar surface area (TPSA) is 40.5 Å². The summed E-state index contributed by atoms with van der Waals surface area (Å²) in [6.07, 6.45) is 0. The van der Waals surface area contributed by atoms with Gasteiger partial charge in [0.15, 0.2) is 5.75 Å². The molecule has 0 aromatic heterocycles. The molecule has 108 valence electrons. The summed E-state index contributed by atoms with van der Waals surface area (Å²) in [5.74, 6) is 0.145. The fourth-order valence-electron chi connectivity index (χ4n) is 1.46. The predicted molar refractivity (Wildman–Crippen MR) is 85.7 cm³/mol. The first kappa shape index (κ1) is 17.3. The Balaban J connectivity index is 0.000000200. The number of benzene rings is 2. The molecule has 0 aliphatic heterocycles. The van der Waals surface area contributed by atoms with Crippen LogP contribution >= 0.6 is 46.4 Å². The van der Waals surface area contributed by atoms with E-state index in [-0.39, 0.29) is 21.5 Å². The van der Waals surface area contributed by atoms with Gasteiger partial charge in [-0.05, 0) is 49.2 Å². The van der Waals surface area contributed by atoms with E-state index in [2.05, 4.69) is 0 Å². The van der Waals surface area contributed by atoms with E-state index < -0.39 is 0 Å². The van der Waals surface area contributed by atoms with E-state index in [4.69, 9.17) is 56.6 Å². The molecule has 0 saturated carbocycles. The summed E-state index contributed by atoms with van der Waals surface area (Å²) >= 11 is 22.4. The van der Waals surface area contributed by atoms with E-state index in [1.807, 2.05) is 13.8 Å². The Morgan fingerprint density at radius 1 is 0.750 bits per heavy atom. The minimum absolute atomic E-state index is 0.132. The number of aromatic hydroxyl groups is 2. The Labute approximate surface area is 137 Å². The van der Waals surface area contributed by atoms with Crippen molar-refractivity contribution < 1.29 is 10.2 Å². The van der Waals surface area contributed by atoms with Crippen LogP contribution in [0.3, 0.4) is 0 Å². The molecule has 0 fully saturated rings. The van der Waals surface area contributed by atoms with Gasteiger partial charge < -0.3 is 10.2 Å². The van der Waals surface area contributed by atoms with Crippen LogP contribution in [0.1, 0.15) is 11.1 Å². The van der Waals surface area contributed by atoms with Gasteiger partial charge in [-0.25, -0.2) is 0 Å². The standard InChI is InChI=1S/C8H9ClO.C6H3Cl3O/c1-5-3-7(10)4-6(2)8(5)9;7-3-1-4(8)6(10)5(9)2-3/h3-4,10H,1-2H3;1-2,10H. The maximum atomic E-state index is 9.06. The van der Waals surface area contributed by atoms with Crippen LogP contribution in [0.2, 0.25) is 20.1 Å². The van der Waals surface area contributed by atoms with Gasteiger partial charge in [-0.1, -0.05) is 46.4 Å². The first-order valence-corrected chi connectivity index (χ1v) is 7.02. The second kappa shape index (κ2) is 7.28. The zero-order valence-electron chi connectivity index (χ0n) is 10.7. The summed E-state index contributed by atoms with van der Waals surface area (Å²) in [4.78, 5) is 0. The van der Waals surface area contributed by atoms with Gasteiger partial charge in [-0.15, -0.1) is 0 Å². The number of halogens is 4. The molecule has 0 spiro atoms. The Bertz CT molecular complexity index is 525.